The molecule has 1 N–H and O–H groups in total. The van der Waals surface area contributed by atoms with Crippen LogP contribution >= 0.6 is 0 Å². The lowest BCUT2D eigenvalue weighted by molar-refractivity contribution is -0.118. The normalized spacial score (nSPS) is 16.8. The maximum atomic E-state index is 14.9. The first-order valence-electron chi connectivity index (χ1n) is 21.4. The van der Waals surface area contributed by atoms with Crippen molar-refractivity contribution >= 4 is 84.0 Å². The van der Waals surface area contributed by atoms with E-state index in [9.17, 15) is 19.2 Å². The fourth-order valence-corrected chi connectivity index (χ4v) is 10.8. The van der Waals surface area contributed by atoms with Crippen LogP contribution < -0.4 is 21.1 Å². The van der Waals surface area contributed by atoms with Crippen LogP contribution in [0.15, 0.2) is 65.6 Å². The minimum Gasteiger partial charge on any atom is -0.355 e. The van der Waals surface area contributed by atoms with Gasteiger partial charge in [-0.25, -0.2) is 4.98 Å². The van der Waals surface area contributed by atoms with Gasteiger partial charge in [-0.2, -0.15) is 0 Å². The lowest BCUT2D eigenvalue weighted by atomic mass is 9.81. The van der Waals surface area contributed by atoms with Crippen LogP contribution in [0.3, 0.4) is 0 Å². The zero-order chi connectivity index (χ0) is 39.8. The summed E-state index contributed by atoms with van der Waals surface area (Å²) < 4.78 is 1.97. The number of carbonyl (C=O) groups is 3. The van der Waals surface area contributed by atoms with Gasteiger partial charge in [0.05, 0.1) is 0 Å². The Morgan fingerprint density at radius 2 is 1.33 bits per heavy atom. The zero-order valence-corrected chi connectivity index (χ0v) is 33.5. The molecule has 5 aromatic carbocycles. The van der Waals surface area contributed by atoms with Crippen LogP contribution in [-0.2, 0) is 4.79 Å². The van der Waals surface area contributed by atoms with Crippen molar-refractivity contribution in [3.8, 4) is 11.1 Å². The van der Waals surface area contributed by atoms with Gasteiger partial charge in [-0.15, -0.1) is 0 Å². The molecule has 3 heterocycles. The predicted molar refractivity (Wildman–Crippen MR) is 234 cm³/mol. The Bertz CT molecular complexity index is 2900. The van der Waals surface area contributed by atoms with Crippen LogP contribution in [-0.4, -0.2) is 57.8 Å². The third-order valence-corrected chi connectivity index (χ3v) is 13.5. The van der Waals surface area contributed by atoms with Gasteiger partial charge in [0, 0.05) is 88.4 Å². The summed E-state index contributed by atoms with van der Waals surface area (Å²) in [5.41, 5.74) is 2.88. The summed E-state index contributed by atoms with van der Waals surface area (Å²) >= 11 is 0. The Labute approximate surface area is 337 Å². The largest absolute Gasteiger partial charge is 0.355 e. The predicted octanol–water partition coefficient (Wildman–Crippen LogP) is 9.03. The van der Waals surface area contributed by atoms with Crippen LogP contribution in [0, 0.1) is 0 Å². The highest BCUT2D eigenvalue weighted by Crippen LogP contribution is 2.49. The summed E-state index contributed by atoms with van der Waals surface area (Å²) in [5, 5.41) is 12.7. The van der Waals surface area contributed by atoms with E-state index in [0.29, 0.717) is 35.0 Å². The van der Waals surface area contributed by atoms with E-state index >= 15 is 0 Å². The summed E-state index contributed by atoms with van der Waals surface area (Å²) in [6, 6.07) is 18.4. The molecule has 0 unspecified atom stereocenters. The number of pyridine rings is 2. The van der Waals surface area contributed by atoms with Gasteiger partial charge < -0.3 is 14.8 Å². The quantitative estimate of drug-likeness (QED) is 0.0893. The molecule has 0 saturated heterocycles. The van der Waals surface area contributed by atoms with Crippen molar-refractivity contribution in [1.29, 1.82) is 0 Å². The minimum absolute atomic E-state index is 0.0129. The molecule has 1 aliphatic heterocycles. The highest BCUT2D eigenvalue weighted by atomic mass is 16.2. The first-order valence-corrected chi connectivity index (χ1v) is 21.4. The number of nitrogens with one attached hydrogen (secondary N) is 1. The SMILES string of the molecule is C=c1c2ccc3c4ccc5c6c(ccc(c7c(-c8ccc(N(CCC)CCNC(C)=O)nc8)cc(c(=O)n1C1CCCCC1)c2c37)c64)C(=O)N(C1CCCCC1)C5=O. The van der Waals surface area contributed by atoms with Crippen LogP contribution in [0.5, 0.6) is 0 Å². The molecule has 3 amide bonds. The monoisotopic (exact) mass is 771 g/mol. The van der Waals surface area contributed by atoms with Gasteiger partial charge in [0.15, 0.2) is 0 Å². The maximum absolute atomic E-state index is 14.9. The van der Waals surface area contributed by atoms with E-state index in [1.807, 2.05) is 29.0 Å². The zero-order valence-electron chi connectivity index (χ0n) is 33.5. The number of anilines is 1. The molecule has 2 saturated carbocycles. The van der Waals surface area contributed by atoms with Gasteiger partial charge >= 0.3 is 0 Å². The number of hydrogen-bond acceptors (Lipinski definition) is 6. The molecule has 9 heteroatoms. The van der Waals surface area contributed by atoms with Gasteiger partial charge in [0.2, 0.25) is 5.91 Å². The van der Waals surface area contributed by atoms with Gasteiger partial charge in [-0.05, 0) is 100 Å². The van der Waals surface area contributed by atoms with Crippen LogP contribution in [0.4, 0.5) is 5.82 Å². The topological polar surface area (TPSA) is 105 Å². The fraction of sp³-hybridized carbons (Fsp3) is 0.367. The Hall–Kier alpha value is -5.83. The number of hydrogen-bond donors (Lipinski definition) is 1. The third-order valence-electron chi connectivity index (χ3n) is 13.5. The van der Waals surface area contributed by atoms with Crippen molar-refractivity contribution in [3.05, 3.63) is 87.6 Å². The summed E-state index contributed by atoms with van der Waals surface area (Å²) in [6.07, 6.45) is 13.0. The third kappa shape index (κ3) is 5.52. The molecular weight excluding hydrogens is 723 g/mol. The molecule has 3 aliphatic rings. The average Bonchev–Trinajstić information content (AvgIpc) is 3.24. The second-order valence-electron chi connectivity index (χ2n) is 16.9. The molecule has 58 heavy (non-hydrogen) atoms. The lowest BCUT2D eigenvalue weighted by Gasteiger charge is -2.36. The Morgan fingerprint density at radius 1 is 0.707 bits per heavy atom. The number of carbonyl (C=O) groups excluding carboxylic acids is 3. The maximum Gasteiger partial charge on any atom is 0.261 e. The molecule has 0 spiro atoms. The van der Waals surface area contributed by atoms with Crippen LogP contribution in [0.2, 0.25) is 0 Å². The summed E-state index contributed by atoms with van der Waals surface area (Å²) in [6.45, 7) is 10.2. The molecule has 0 bridgehead atoms. The first kappa shape index (κ1) is 36.5. The standard InChI is InChI=1S/C49H49N5O4/c1-4-24-52(25-23-50-29(3)55)41-22-15-30(27-51-41)39-26-40-42-33(28(2)53(49(40)58)31-11-7-5-8-12-31)16-17-35-34-18-20-37-45-38(21-19-36(43(34)45)44(39)46(35)42)48(57)54(47(37)56)32-13-9-6-10-14-32/h15-22,26-27,31-32H,2,4-14,23-25H2,1,3H3,(H,50,55). The number of benzene rings is 5. The Morgan fingerprint density at radius 3 is 1.98 bits per heavy atom. The van der Waals surface area contributed by atoms with E-state index in [4.69, 9.17) is 4.98 Å². The van der Waals surface area contributed by atoms with E-state index in [-0.39, 0.29) is 35.4 Å². The van der Waals surface area contributed by atoms with E-state index in [1.165, 1.54) is 13.3 Å². The second kappa shape index (κ2) is 14.2. The van der Waals surface area contributed by atoms with Crippen LogP contribution in [0.1, 0.15) is 111 Å². The van der Waals surface area contributed by atoms with Gasteiger partial charge in [-0.3, -0.25) is 24.1 Å². The van der Waals surface area contributed by atoms with Crippen molar-refractivity contribution in [2.24, 2.45) is 0 Å². The Balaban J connectivity index is 1.25. The molecule has 0 atom stereocenters. The van der Waals surface area contributed by atoms with Crippen molar-refractivity contribution < 1.29 is 14.4 Å². The highest BCUT2D eigenvalue weighted by Gasteiger charge is 2.39. The first-order chi connectivity index (χ1) is 28.3. The summed E-state index contributed by atoms with van der Waals surface area (Å²) in [5.74, 6) is 0.343. The number of aromatic nitrogens is 2. The molecule has 9 nitrogen and oxygen atoms in total. The number of imide groups is 1. The molecule has 2 aromatic heterocycles. The average molecular weight is 772 g/mol. The number of nitrogens with zero attached hydrogens (tertiary/aromatic N) is 4. The smallest absolute Gasteiger partial charge is 0.261 e. The van der Waals surface area contributed by atoms with E-state index in [2.05, 4.69) is 60.1 Å². The lowest BCUT2D eigenvalue weighted by Crippen LogP contribution is -2.47. The van der Waals surface area contributed by atoms with E-state index in [0.717, 1.165) is 136 Å². The van der Waals surface area contributed by atoms with Gasteiger partial charge in [-0.1, -0.05) is 76.3 Å². The number of fused-ring (bicyclic) bond motifs is 2. The number of amides is 3. The van der Waals surface area contributed by atoms with Gasteiger partial charge in [0.1, 0.15) is 5.82 Å². The number of rotatable bonds is 9. The van der Waals surface area contributed by atoms with Gasteiger partial charge in [0.25, 0.3) is 17.4 Å². The Kier molecular flexibility index (Phi) is 8.95. The van der Waals surface area contributed by atoms with E-state index in [1.54, 1.807) is 4.90 Å². The molecule has 2 fully saturated rings. The molecule has 10 rings (SSSR count). The fourth-order valence-electron chi connectivity index (χ4n) is 10.8. The van der Waals surface area contributed by atoms with Crippen molar-refractivity contribution in [3.63, 3.8) is 0 Å². The highest BCUT2D eigenvalue weighted by molar-refractivity contribution is 6.42. The molecular formula is C49H49N5O4. The molecule has 2 aliphatic carbocycles. The van der Waals surface area contributed by atoms with E-state index < -0.39 is 0 Å². The molecule has 0 radical (unpaired) electrons. The van der Waals surface area contributed by atoms with Crippen molar-refractivity contribution in [2.75, 3.05) is 24.5 Å². The molecule has 7 aromatic rings. The molecule has 294 valence electrons. The second-order valence-corrected chi connectivity index (χ2v) is 16.9. The van der Waals surface area contributed by atoms with Crippen molar-refractivity contribution in [2.45, 2.75) is 96.6 Å². The van der Waals surface area contributed by atoms with Crippen molar-refractivity contribution in [1.82, 2.24) is 19.8 Å². The van der Waals surface area contributed by atoms with Crippen LogP contribution in [0.25, 0.3) is 71.6 Å². The minimum atomic E-state index is -0.205. The summed E-state index contributed by atoms with van der Waals surface area (Å²) in [4.78, 5) is 64.1. The summed E-state index contributed by atoms with van der Waals surface area (Å²) in [7, 11) is 0.